The maximum absolute atomic E-state index is 13.1. The summed E-state index contributed by atoms with van der Waals surface area (Å²) in [6, 6.07) is 7.39. The minimum absolute atomic E-state index is 0.254. The molecule has 0 spiro atoms. The Labute approximate surface area is 227 Å². The van der Waals surface area contributed by atoms with Gasteiger partial charge in [-0.25, -0.2) is 24.9 Å². The zero-order valence-corrected chi connectivity index (χ0v) is 22.2. The molecule has 0 bridgehead atoms. The van der Waals surface area contributed by atoms with E-state index in [-0.39, 0.29) is 5.82 Å². The molecule has 1 fully saturated rings. The lowest BCUT2D eigenvalue weighted by Gasteiger charge is -2.11. The summed E-state index contributed by atoms with van der Waals surface area (Å²) < 4.78 is 46.4. The number of imidazole rings is 1. The van der Waals surface area contributed by atoms with Gasteiger partial charge in [-0.15, -0.1) is 0 Å². The number of alkyl halides is 3. The fraction of sp³-hybridized carbons (Fsp3) is 0.321. The third kappa shape index (κ3) is 4.79. The predicted octanol–water partition coefficient (Wildman–Crippen LogP) is 5.03. The third-order valence-corrected chi connectivity index (χ3v) is 7.06. The first kappa shape index (κ1) is 25.9. The van der Waals surface area contributed by atoms with Crippen molar-refractivity contribution < 1.29 is 17.9 Å². The van der Waals surface area contributed by atoms with Gasteiger partial charge in [-0.3, -0.25) is 0 Å². The topological polar surface area (TPSA) is 106 Å². The Hall–Kier alpha value is -4.32. The second-order valence-corrected chi connectivity index (χ2v) is 9.92. The van der Waals surface area contributed by atoms with Gasteiger partial charge >= 0.3 is 6.18 Å². The monoisotopic (exact) mass is 548 g/mol. The van der Waals surface area contributed by atoms with Gasteiger partial charge in [0.05, 0.1) is 30.0 Å². The lowest BCUT2D eigenvalue weighted by atomic mass is 10.0. The highest BCUT2D eigenvalue weighted by atomic mass is 19.4. The van der Waals surface area contributed by atoms with Gasteiger partial charge in [0.2, 0.25) is 5.88 Å². The lowest BCUT2D eigenvalue weighted by Crippen LogP contribution is -2.08. The van der Waals surface area contributed by atoms with E-state index in [9.17, 15) is 13.2 Å². The summed E-state index contributed by atoms with van der Waals surface area (Å²) in [5.41, 5.74) is 5.85. The van der Waals surface area contributed by atoms with Gasteiger partial charge in [0.25, 0.3) is 0 Å². The second-order valence-electron chi connectivity index (χ2n) is 9.92. The number of ether oxygens (including phenoxy) is 1. The van der Waals surface area contributed by atoms with Crippen LogP contribution in [0.15, 0.2) is 43.0 Å². The number of aryl methyl sites for hydroxylation is 1. The number of hydrogen-bond acceptors (Lipinski definition) is 7. The van der Waals surface area contributed by atoms with Gasteiger partial charge in [0.1, 0.15) is 17.7 Å². The van der Waals surface area contributed by atoms with Gasteiger partial charge in [-0.2, -0.15) is 13.2 Å². The number of aromatic nitrogens is 7. The summed E-state index contributed by atoms with van der Waals surface area (Å²) in [5.74, 6) is 1.56. The van der Waals surface area contributed by atoms with Crippen LogP contribution in [0, 0.1) is 0 Å². The van der Waals surface area contributed by atoms with Crippen molar-refractivity contribution >= 4 is 11.0 Å². The molecular formula is C28H27F3N8O. The summed E-state index contributed by atoms with van der Waals surface area (Å²) in [6.45, 7) is 0.595. The molecule has 206 valence electrons. The lowest BCUT2D eigenvalue weighted by molar-refractivity contribution is -0.140. The Morgan fingerprint density at radius 1 is 1.10 bits per heavy atom. The highest BCUT2D eigenvalue weighted by Crippen LogP contribution is 2.45. The maximum atomic E-state index is 13.1. The molecular weight excluding hydrogens is 521 g/mol. The van der Waals surface area contributed by atoms with Crippen molar-refractivity contribution in [2.45, 2.75) is 37.9 Å². The molecule has 1 aliphatic rings. The number of H-pyrrole nitrogens is 1. The van der Waals surface area contributed by atoms with Crippen molar-refractivity contribution in [3.63, 3.8) is 0 Å². The van der Waals surface area contributed by atoms with Crippen molar-refractivity contribution in [1.29, 1.82) is 0 Å². The molecule has 0 amide bonds. The van der Waals surface area contributed by atoms with Crippen molar-refractivity contribution in [3.8, 4) is 28.7 Å². The predicted molar refractivity (Wildman–Crippen MR) is 143 cm³/mol. The molecule has 4 heterocycles. The highest BCUT2D eigenvalue weighted by molar-refractivity contribution is 5.83. The van der Waals surface area contributed by atoms with Crippen molar-refractivity contribution in [3.05, 3.63) is 71.2 Å². The van der Waals surface area contributed by atoms with E-state index in [2.05, 4.69) is 30.2 Å². The molecule has 5 aromatic rings. The average molecular weight is 549 g/mol. The van der Waals surface area contributed by atoms with Gasteiger partial charge in [-0.05, 0) is 25.5 Å². The quantitative estimate of drug-likeness (QED) is 0.280. The number of benzene rings is 1. The first-order valence-electron chi connectivity index (χ1n) is 12.9. The molecule has 12 heteroatoms. The van der Waals surface area contributed by atoms with E-state index in [4.69, 9.17) is 9.72 Å². The highest BCUT2D eigenvalue weighted by Gasteiger charge is 2.34. The van der Waals surface area contributed by atoms with Crippen molar-refractivity contribution in [2.75, 3.05) is 14.2 Å². The molecule has 2 N–H and O–H groups in total. The molecule has 1 saturated carbocycles. The van der Waals surface area contributed by atoms with Crippen LogP contribution in [0.5, 0.6) is 5.88 Å². The molecule has 4 aromatic heterocycles. The van der Waals surface area contributed by atoms with E-state index in [0.717, 1.165) is 58.2 Å². The number of methoxy groups -OCH3 is 1. The molecule has 0 radical (unpaired) electrons. The molecule has 0 atom stereocenters. The van der Waals surface area contributed by atoms with Gasteiger partial charge in [0, 0.05) is 48.9 Å². The molecule has 40 heavy (non-hydrogen) atoms. The maximum Gasteiger partial charge on any atom is 0.434 e. The fourth-order valence-electron chi connectivity index (χ4n) is 4.98. The minimum atomic E-state index is -4.50. The van der Waals surface area contributed by atoms with Gasteiger partial charge < -0.3 is 19.6 Å². The SMILES string of the molecule is CNCc1[nH]c2cnc(-c3c(OC)ncnc3C3CC3)nc2c1Cc1ccc(-c2nc(C(F)(F)F)cn2C)cc1. The largest absolute Gasteiger partial charge is 0.480 e. The second kappa shape index (κ2) is 10.0. The Morgan fingerprint density at radius 2 is 1.88 bits per heavy atom. The van der Waals surface area contributed by atoms with Crippen LogP contribution in [0.2, 0.25) is 0 Å². The van der Waals surface area contributed by atoms with E-state index in [0.29, 0.717) is 36.2 Å². The molecule has 1 aliphatic carbocycles. The van der Waals surface area contributed by atoms with Crippen LogP contribution in [0.25, 0.3) is 33.8 Å². The number of nitrogens with one attached hydrogen (secondary N) is 2. The normalized spacial score (nSPS) is 13.8. The minimum Gasteiger partial charge on any atom is -0.480 e. The first-order valence-corrected chi connectivity index (χ1v) is 12.9. The zero-order valence-electron chi connectivity index (χ0n) is 22.2. The zero-order chi connectivity index (χ0) is 28.0. The van der Waals surface area contributed by atoms with E-state index in [1.807, 2.05) is 19.2 Å². The Balaban J connectivity index is 1.37. The van der Waals surface area contributed by atoms with Crippen LogP contribution in [-0.2, 0) is 26.2 Å². The van der Waals surface area contributed by atoms with Crippen molar-refractivity contribution in [1.82, 2.24) is 39.8 Å². The molecule has 1 aromatic carbocycles. The smallest absolute Gasteiger partial charge is 0.434 e. The van der Waals surface area contributed by atoms with E-state index < -0.39 is 11.9 Å². The van der Waals surface area contributed by atoms with Crippen LogP contribution < -0.4 is 10.1 Å². The average Bonchev–Trinajstić information content (AvgIpc) is 3.63. The fourth-order valence-corrected chi connectivity index (χ4v) is 4.98. The number of nitrogens with zero attached hydrogens (tertiary/aromatic N) is 6. The molecule has 0 aliphatic heterocycles. The summed E-state index contributed by atoms with van der Waals surface area (Å²) >= 11 is 0. The van der Waals surface area contributed by atoms with Crippen LogP contribution in [-0.4, -0.2) is 48.6 Å². The third-order valence-electron chi connectivity index (χ3n) is 7.06. The number of fused-ring (bicyclic) bond motifs is 1. The summed E-state index contributed by atoms with van der Waals surface area (Å²) in [4.78, 5) is 25.7. The molecule has 0 saturated heterocycles. The number of halogens is 3. The van der Waals surface area contributed by atoms with Crippen LogP contribution >= 0.6 is 0 Å². The van der Waals surface area contributed by atoms with Gasteiger partial charge in [0.15, 0.2) is 11.5 Å². The van der Waals surface area contributed by atoms with Gasteiger partial charge in [-0.1, -0.05) is 24.3 Å². The van der Waals surface area contributed by atoms with E-state index in [1.54, 1.807) is 32.5 Å². The Kier molecular flexibility index (Phi) is 6.49. The van der Waals surface area contributed by atoms with Crippen LogP contribution in [0.1, 0.15) is 47.0 Å². The van der Waals surface area contributed by atoms with E-state index >= 15 is 0 Å². The Morgan fingerprint density at radius 3 is 2.52 bits per heavy atom. The van der Waals surface area contributed by atoms with Crippen LogP contribution in [0.3, 0.4) is 0 Å². The number of rotatable bonds is 8. The molecule has 9 nitrogen and oxygen atoms in total. The van der Waals surface area contributed by atoms with E-state index in [1.165, 1.54) is 10.9 Å². The summed E-state index contributed by atoms with van der Waals surface area (Å²) in [6.07, 6.45) is 2.46. The standard InChI is InChI=1S/C28H27F3N8O/c1-32-11-19-18(10-15-4-6-17(7-5-15)26-37-21(13-39(26)2)28(29,30)31)24-20(36-19)12-33-25(38-24)22-23(16-8-9-16)34-14-35-27(22)40-3/h4-7,12-14,16,32,36H,8-11H2,1-3H3. The molecule has 6 rings (SSSR count). The number of aromatic amines is 1. The summed E-state index contributed by atoms with van der Waals surface area (Å²) in [7, 11) is 5.00. The molecule has 0 unspecified atom stereocenters. The number of hydrogen-bond donors (Lipinski definition) is 2. The first-order chi connectivity index (χ1) is 19.3. The van der Waals surface area contributed by atoms with Crippen LogP contribution in [0.4, 0.5) is 13.2 Å². The summed E-state index contributed by atoms with van der Waals surface area (Å²) in [5, 5.41) is 3.20. The van der Waals surface area contributed by atoms with Crippen molar-refractivity contribution in [2.24, 2.45) is 7.05 Å². The Bertz CT molecular complexity index is 1690.